The summed E-state index contributed by atoms with van der Waals surface area (Å²) in [5, 5.41) is 4.42. The molecule has 2 heterocycles. The Balaban J connectivity index is 1.72. The fourth-order valence-electron chi connectivity index (χ4n) is 3.47. The third-order valence-corrected chi connectivity index (χ3v) is 8.07. The van der Waals surface area contributed by atoms with E-state index in [9.17, 15) is 13.2 Å². The molecule has 1 atom stereocenters. The summed E-state index contributed by atoms with van der Waals surface area (Å²) in [5.41, 5.74) is 2.32. The van der Waals surface area contributed by atoms with Crippen molar-refractivity contribution in [2.75, 3.05) is 11.9 Å². The Morgan fingerprint density at radius 3 is 2.53 bits per heavy atom. The van der Waals surface area contributed by atoms with E-state index in [4.69, 9.17) is 4.74 Å². The highest BCUT2D eigenvalue weighted by atomic mass is 32.2. The van der Waals surface area contributed by atoms with Crippen LogP contribution in [0.4, 0.5) is 5.69 Å². The Bertz CT molecular complexity index is 1190. The molecule has 30 heavy (non-hydrogen) atoms. The lowest BCUT2D eigenvalue weighted by Crippen LogP contribution is -2.23. The average molecular weight is 440 g/mol. The van der Waals surface area contributed by atoms with E-state index in [1.807, 2.05) is 31.2 Å². The molecule has 0 unspecified atom stereocenters. The van der Waals surface area contributed by atoms with E-state index in [1.165, 1.54) is 11.3 Å². The molecule has 0 fully saturated rings. The number of fused-ring (bicyclic) bond motifs is 1. The molecule has 0 saturated carbocycles. The fourth-order valence-corrected chi connectivity index (χ4v) is 6.38. The number of amides is 1. The molecule has 4 rings (SSSR count). The molecule has 1 aliphatic rings. The molecule has 1 aromatic heterocycles. The largest absolute Gasteiger partial charge is 0.490 e. The van der Waals surface area contributed by atoms with Crippen LogP contribution in [0.15, 0.2) is 76.4 Å². The number of hydrogen-bond donors (Lipinski definition) is 1. The third-order valence-electron chi connectivity index (χ3n) is 5.03. The van der Waals surface area contributed by atoms with E-state index < -0.39 is 9.84 Å². The van der Waals surface area contributed by atoms with Gasteiger partial charge in [0.1, 0.15) is 17.3 Å². The first-order chi connectivity index (χ1) is 14.4. The minimum atomic E-state index is -3.73. The first-order valence-electron chi connectivity index (χ1n) is 9.47. The van der Waals surface area contributed by atoms with Crippen molar-refractivity contribution < 1.29 is 17.9 Å². The van der Waals surface area contributed by atoms with Crippen molar-refractivity contribution in [3.8, 4) is 5.75 Å². The normalized spacial score (nSPS) is 15.9. The number of benzene rings is 2. The molecule has 1 amide bonds. The zero-order valence-corrected chi connectivity index (χ0v) is 18.1. The number of carbonyl (C=O) groups excluding carboxylic acids is 1. The molecule has 0 saturated heterocycles. The second kappa shape index (κ2) is 8.08. The average Bonchev–Trinajstić information content (AvgIpc) is 3.17. The van der Waals surface area contributed by atoms with Gasteiger partial charge in [-0.05, 0) is 36.8 Å². The quantitative estimate of drug-likeness (QED) is 0.553. The van der Waals surface area contributed by atoms with Gasteiger partial charge in [-0.2, -0.15) is 0 Å². The maximum absolute atomic E-state index is 13.2. The molecule has 3 aromatic rings. The van der Waals surface area contributed by atoms with Crippen molar-refractivity contribution in [3.63, 3.8) is 0 Å². The van der Waals surface area contributed by atoms with Crippen molar-refractivity contribution in [1.29, 1.82) is 0 Å². The minimum absolute atomic E-state index is 0.148. The van der Waals surface area contributed by atoms with Gasteiger partial charge < -0.3 is 10.1 Å². The molecule has 1 N–H and O–H groups in total. The molecular weight excluding hydrogens is 418 g/mol. The van der Waals surface area contributed by atoms with Crippen molar-refractivity contribution in [2.45, 2.75) is 29.1 Å². The van der Waals surface area contributed by atoms with Gasteiger partial charge >= 0.3 is 0 Å². The van der Waals surface area contributed by atoms with Gasteiger partial charge in [0.05, 0.1) is 10.6 Å². The van der Waals surface area contributed by atoms with Gasteiger partial charge in [-0.25, -0.2) is 8.42 Å². The Morgan fingerprint density at radius 2 is 1.87 bits per heavy atom. The van der Waals surface area contributed by atoms with Crippen LogP contribution in [0.1, 0.15) is 28.3 Å². The van der Waals surface area contributed by atoms with Crippen LogP contribution in [-0.4, -0.2) is 20.9 Å². The van der Waals surface area contributed by atoms with Crippen LogP contribution in [0.25, 0.3) is 0 Å². The van der Waals surface area contributed by atoms with Crippen LogP contribution in [0.5, 0.6) is 5.75 Å². The van der Waals surface area contributed by atoms with Gasteiger partial charge in [-0.3, -0.25) is 4.79 Å². The van der Waals surface area contributed by atoms with E-state index in [1.54, 1.807) is 35.7 Å². The lowest BCUT2D eigenvalue weighted by Gasteiger charge is -2.24. The predicted molar refractivity (Wildman–Crippen MR) is 118 cm³/mol. The molecule has 7 heteroatoms. The second-order valence-corrected chi connectivity index (χ2v) is 9.96. The zero-order valence-electron chi connectivity index (χ0n) is 16.4. The first-order valence-corrected chi connectivity index (χ1v) is 11.8. The van der Waals surface area contributed by atoms with Crippen LogP contribution in [0.2, 0.25) is 0 Å². The van der Waals surface area contributed by atoms with Gasteiger partial charge in [0.25, 0.3) is 0 Å². The lowest BCUT2D eigenvalue weighted by atomic mass is 9.90. The molecule has 2 aromatic carbocycles. The maximum atomic E-state index is 13.2. The summed E-state index contributed by atoms with van der Waals surface area (Å²) in [6, 6.07) is 14.3. The summed E-state index contributed by atoms with van der Waals surface area (Å²) in [5.74, 6) is 0.320. The molecule has 0 aliphatic carbocycles. The van der Waals surface area contributed by atoms with Gasteiger partial charge in [-0.15, -0.1) is 11.3 Å². The van der Waals surface area contributed by atoms with Crippen molar-refractivity contribution in [2.24, 2.45) is 0 Å². The van der Waals surface area contributed by atoms with Gasteiger partial charge in [0.15, 0.2) is 0 Å². The number of ether oxygens (including phenoxy) is 1. The Morgan fingerprint density at radius 1 is 1.17 bits per heavy atom. The molecule has 5 nitrogen and oxygen atoms in total. The van der Waals surface area contributed by atoms with Crippen molar-refractivity contribution >= 4 is 32.8 Å². The van der Waals surface area contributed by atoms with E-state index in [0.29, 0.717) is 18.0 Å². The van der Waals surface area contributed by atoms with Crippen LogP contribution < -0.4 is 10.1 Å². The van der Waals surface area contributed by atoms with Crippen molar-refractivity contribution in [1.82, 2.24) is 0 Å². The van der Waals surface area contributed by atoms with E-state index in [-0.39, 0.29) is 28.0 Å². The van der Waals surface area contributed by atoms with E-state index in [2.05, 4.69) is 11.9 Å². The molecule has 1 aliphatic heterocycles. The molecule has 0 spiro atoms. The number of anilines is 1. The summed E-state index contributed by atoms with van der Waals surface area (Å²) < 4.78 is 31.9. The third kappa shape index (κ3) is 3.78. The van der Waals surface area contributed by atoms with Gasteiger partial charge in [0.2, 0.25) is 15.7 Å². The fraction of sp³-hybridized carbons (Fsp3) is 0.174. The smallest absolute Gasteiger partial charge is 0.225 e. The van der Waals surface area contributed by atoms with Crippen LogP contribution in [0, 0.1) is 6.92 Å². The van der Waals surface area contributed by atoms with E-state index in [0.717, 1.165) is 16.0 Å². The Labute approximate surface area is 179 Å². The highest BCUT2D eigenvalue weighted by Gasteiger charge is 2.34. The van der Waals surface area contributed by atoms with Crippen molar-refractivity contribution in [3.05, 3.63) is 82.6 Å². The van der Waals surface area contributed by atoms with Gasteiger partial charge in [0, 0.05) is 22.6 Å². The second-order valence-electron chi connectivity index (χ2n) is 7.13. The molecule has 0 bridgehead atoms. The highest BCUT2D eigenvalue weighted by molar-refractivity contribution is 7.91. The van der Waals surface area contributed by atoms with Gasteiger partial charge in [-0.1, -0.05) is 42.5 Å². The number of rotatable bonds is 6. The summed E-state index contributed by atoms with van der Waals surface area (Å²) in [7, 11) is -3.73. The number of sulfone groups is 1. The summed E-state index contributed by atoms with van der Waals surface area (Å²) in [6.45, 7) is 5.95. The number of aryl methyl sites for hydroxylation is 1. The number of nitrogens with one attached hydrogen (secondary N) is 1. The first kappa shape index (κ1) is 20.4. The Kier molecular flexibility index (Phi) is 5.49. The number of thiophene rings is 1. The summed E-state index contributed by atoms with van der Waals surface area (Å²) in [4.78, 5) is 13.7. The number of carbonyl (C=O) groups is 1. The van der Waals surface area contributed by atoms with Crippen LogP contribution in [0.3, 0.4) is 0 Å². The number of hydrogen-bond acceptors (Lipinski definition) is 5. The zero-order chi connectivity index (χ0) is 21.3. The summed E-state index contributed by atoms with van der Waals surface area (Å²) >= 11 is 1.36. The van der Waals surface area contributed by atoms with Crippen LogP contribution in [-0.2, 0) is 14.6 Å². The maximum Gasteiger partial charge on any atom is 0.225 e. The topological polar surface area (TPSA) is 72.5 Å². The molecule has 0 radical (unpaired) electrons. The predicted octanol–water partition coefficient (Wildman–Crippen LogP) is 4.93. The molecular formula is C23H21NO4S2. The summed E-state index contributed by atoms with van der Waals surface area (Å²) in [6.07, 6.45) is 1.94. The monoisotopic (exact) mass is 439 g/mol. The molecule has 154 valence electrons. The van der Waals surface area contributed by atoms with E-state index >= 15 is 0 Å². The Hall–Kier alpha value is -2.90. The lowest BCUT2D eigenvalue weighted by molar-refractivity contribution is -0.116. The standard InChI is InChI=1S/C23H21NO4S2/c1-3-12-28-17-8-6-16(7-9-17)19-13-21(25)24-22-20(14-29-23(19)22)30(26,27)18-10-4-15(2)5-11-18/h3-11,14,19H,1,12-13H2,2H3,(H,24,25)/t19-/m1/s1. The minimum Gasteiger partial charge on any atom is -0.490 e. The highest BCUT2D eigenvalue weighted by Crippen LogP contribution is 2.46. The van der Waals surface area contributed by atoms with Crippen LogP contribution >= 0.6 is 11.3 Å². The SMILES string of the molecule is C=CCOc1ccc([C@H]2CC(=O)Nc3c(S(=O)(=O)c4ccc(C)cc4)csc32)cc1.